The van der Waals surface area contributed by atoms with Gasteiger partial charge in [0.15, 0.2) is 0 Å². The number of carbonyl (C=O) groups is 1. The Balaban J connectivity index is 1.26. The molecule has 2 aromatic rings. The van der Waals surface area contributed by atoms with Gasteiger partial charge in [-0.2, -0.15) is 0 Å². The number of piperazine rings is 1. The number of anilines is 2. The molecule has 0 unspecified atom stereocenters. The SMILES string of the molecule is Cc1cccc(CNC(=O)N2CCN(c3ccc(N4CCCC4)cc3)CC2)c1. The van der Waals surface area contributed by atoms with Gasteiger partial charge in [-0.25, -0.2) is 4.79 Å². The number of rotatable bonds is 4. The Morgan fingerprint density at radius 2 is 1.46 bits per heavy atom. The molecule has 148 valence electrons. The van der Waals surface area contributed by atoms with Gasteiger partial charge < -0.3 is 20.0 Å². The molecule has 0 atom stereocenters. The molecule has 2 aromatic carbocycles. The van der Waals surface area contributed by atoms with Crippen molar-refractivity contribution in [2.45, 2.75) is 26.3 Å². The smallest absolute Gasteiger partial charge is 0.317 e. The van der Waals surface area contributed by atoms with Crippen molar-refractivity contribution < 1.29 is 4.79 Å². The Morgan fingerprint density at radius 1 is 0.857 bits per heavy atom. The van der Waals surface area contributed by atoms with Crippen molar-refractivity contribution in [2.75, 3.05) is 49.1 Å². The van der Waals surface area contributed by atoms with Crippen molar-refractivity contribution in [3.63, 3.8) is 0 Å². The van der Waals surface area contributed by atoms with Gasteiger partial charge in [0.25, 0.3) is 0 Å². The summed E-state index contributed by atoms with van der Waals surface area (Å²) in [6.07, 6.45) is 2.60. The van der Waals surface area contributed by atoms with Gasteiger partial charge in [0.1, 0.15) is 0 Å². The van der Waals surface area contributed by atoms with E-state index in [2.05, 4.69) is 64.5 Å². The maximum Gasteiger partial charge on any atom is 0.317 e. The van der Waals surface area contributed by atoms with E-state index in [1.165, 1.54) is 42.9 Å². The minimum Gasteiger partial charge on any atom is -0.372 e. The van der Waals surface area contributed by atoms with Gasteiger partial charge in [0, 0.05) is 57.2 Å². The summed E-state index contributed by atoms with van der Waals surface area (Å²) in [4.78, 5) is 19.2. The molecule has 2 aliphatic heterocycles. The van der Waals surface area contributed by atoms with Crippen LogP contribution in [-0.4, -0.2) is 50.2 Å². The first-order valence-electron chi connectivity index (χ1n) is 10.4. The molecule has 0 saturated carbocycles. The molecule has 5 heteroatoms. The molecule has 28 heavy (non-hydrogen) atoms. The third-order valence-corrected chi connectivity index (χ3v) is 5.78. The third kappa shape index (κ3) is 4.41. The van der Waals surface area contributed by atoms with Crippen LogP contribution in [-0.2, 0) is 6.54 Å². The standard InChI is InChI=1S/C23H30N4O/c1-19-5-4-6-20(17-19)18-24-23(28)27-15-13-26(14-16-27)22-9-7-21(8-10-22)25-11-2-3-12-25/h4-10,17H,2-3,11-16,18H2,1H3,(H,24,28). The highest BCUT2D eigenvalue weighted by molar-refractivity contribution is 5.74. The molecule has 2 aliphatic rings. The van der Waals surface area contributed by atoms with Crippen LogP contribution in [0.15, 0.2) is 48.5 Å². The third-order valence-electron chi connectivity index (χ3n) is 5.78. The van der Waals surface area contributed by atoms with E-state index in [9.17, 15) is 4.79 Å². The van der Waals surface area contributed by atoms with Crippen molar-refractivity contribution in [3.05, 3.63) is 59.7 Å². The lowest BCUT2D eigenvalue weighted by Gasteiger charge is -2.36. The summed E-state index contributed by atoms with van der Waals surface area (Å²) in [5, 5.41) is 3.05. The number of hydrogen-bond acceptors (Lipinski definition) is 3. The molecule has 0 aliphatic carbocycles. The Bertz CT molecular complexity index is 791. The molecule has 0 spiro atoms. The zero-order valence-electron chi connectivity index (χ0n) is 16.7. The van der Waals surface area contributed by atoms with E-state index in [0.717, 1.165) is 31.7 Å². The van der Waals surface area contributed by atoms with E-state index in [1.807, 2.05) is 11.0 Å². The Morgan fingerprint density at radius 3 is 2.07 bits per heavy atom. The molecule has 0 radical (unpaired) electrons. The second-order valence-electron chi connectivity index (χ2n) is 7.83. The fourth-order valence-corrected chi connectivity index (χ4v) is 4.13. The summed E-state index contributed by atoms with van der Waals surface area (Å²) in [7, 11) is 0. The number of aryl methyl sites for hydroxylation is 1. The fourth-order valence-electron chi connectivity index (χ4n) is 4.13. The summed E-state index contributed by atoms with van der Waals surface area (Å²) in [5.74, 6) is 0. The highest BCUT2D eigenvalue weighted by Crippen LogP contribution is 2.24. The highest BCUT2D eigenvalue weighted by atomic mass is 16.2. The Labute approximate surface area is 167 Å². The highest BCUT2D eigenvalue weighted by Gasteiger charge is 2.21. The topological polar surface area (TPSA) is 38.8 Å². The minimum absolute atomic E-state index is 0.0329. The first kappa shape index (κ1) is 18.7. The lowest BCUT2D eigenvalue weighted by molar-refractivity contribution is 0.194. The quantitative estimate of drug-likeness (QED) is 0.883. The van der Waals surface area contributed by atoms with Crippen LogP contribution < -0.4 is 15.1 Å². The van der Waals surface area contributed by atoms with E-state index in [0.29, 0.717) is 6.54 Å². The lowest BCUT2D eigenvalue weighted by atomic mass is 10.1. The summed E-state index contributed by atoms with van der Waals surface area (Å²) in [6, 6.07) is 17.2. The van der Waals surface area contributed by atoms with Crippen molar-refractivity contribution in [2.24, 2.45) is 0 Å². The van der Waals surface area contributed by atoms with Crippen LogP contribution in [0.25, 0.3) is 0 Å². The van der Waals surface area contributed by atoms with E-state index in [4.69, 9.17) is 0 Å². The predicted octanol–water partition coefficient (Wildman–Crippen LogP) is 3.63. The van der Waals surface area contributed by atoms with Crippen molar-refractivity contribution in [1.82, 2.24) is 10.2 Å². The predicted molar refractivity (Wildman–Crippen MR) is 115 cm³/mol. The van der Waals surface area contributed by atoms with Gasteiger partial charge in [0.2, 0.25) is 0 Å². The number of carbonyl (C=O) groups excluding carboxylic acids is 1. The second-order valence-corrected chi connectivity index (χ2v) is 7.83. The molecule has 2 amide bonds. The fraction of sp³-hybridized carbons (Fsp3) is 0.435. The summed E-state index contributed by atoms with van der Waals surface area (Å²) in [5.41, 5.74) is 4.94. The maximum atomic E-state index is 12.5. The number of amides is 2. The molecule has 4 rings (SSSR count). The van der Waals surface area contributed by atoms with Crippen LogP contribution in [0, 0.1) is 6.92 Å². The molecule has 1 N–H and O–H groups in total. The van der Waals surface area contributed by atoms with Gasteiger partial charge in [-0.3, -0.25) is 0 Å². The summed E-state index contributed by atoms with van der Waals surface area (Å²) in [6.45, 7) is 8.27. The largest absolute Gasteiger partial charge is 0.372 e. The van der Waals surface area contributed by atoms with Crippen LogP contribution in [0.4, 0.5) is 16.2 Å². The first-order chi connectivity index (χ1) is 13.7. The minimum atomic E-state index is 0.0329. The van der Waals surface area contributed by atoms with Crippen LogP contribution in [0.5, 0.6) is 0 Å². The molecule has 0 bridgehead atoms. The lowest BCUT2D eigenvalue weighted by Crippen LogP contribution is -2.51. The second kappa shape index (κ2) is 8.55. The summed E-state index contributed by atoms with van der Waals surface area (Å²) >= 11 is 0. The monoisotopic (exact) mass is 378 g/mol. The number of hydrogen-bond donors (Lipinski definition) is 1. The normalized spacial score (nSPS) is 17.1. The van der Waals surface area contributed by atoms with Gasteiger partial charge in [-0.15, -0.1) is 0 Å². The Hall–Kier alpha value is -2.69. The van der Waals surface area contributed by atoms with Crippen LogP contribution in [0.1, 0.15) is 24.0 Å². The molecule has 2 fully saturated rings. The van der Waals surface area contributed by atoms with Crippen molar-refractivity contribution in [1.29, 1.82) is 0 Å². The molecular weight excluding hydrogens is 348 g/mol. The molecular formula is C23H30N4O. The average molecular weight is 379 g/mol. The molecule has 2 heterocycles. The van der Waals surface area contributed by atoms with Gasteiger partial charge in [0.05, 0.1) is 0 Å². The van der Waals surface area contributed by atoms with Crippen molar-refractivity contribution >= 4 is 17.4 Å². The molecule has 5 nitrogen and oxygen atoms in total. The number of urea groups is 1. The average Bonchev–Trinajstić information content (AvgIpc) is 3.27. The number of benzene rings is 2. The van der Waals surface area contributed by atoms with E-state index < -0.39 is 0 Å². The Kier molecular flexibility index (Phi) is 5.70. The number of nitrogens with zero attached hydrogens (tertiary/aromatic N) is 3. The summed E-state index contributed by atoms with van der Waals surface area (Å²) < 4.78 is 0. The molecule has 0 aromatic heterocycles. The zero-order valence-corrected chi connectivity index (χ0v) is 16.7. The van der Waals surface area contributed by atoms with Crippen LogP contribution in [0.3, 0.4) is 0 Å². The van der Waals surface area contributed by atoms with Crippen LogP contribution in [0.2, 0.25) is 0 Å². The van der Waals surface area contributed by atoms with E-state index in [1.54, 1.807) is 0 Å². The van der Waals surface area contributed by atoms with E-state index >= 15 is 0 Å². The van der Waals surface area contributed by atoms with E-state index in [-0.39, 0.29) is 6.03 Å². The van der Waals surface area contributed by atoms with Gasteiger partial charge in [-0.1, -0.05) is 29.8 Å². The molecule has 2 saturated heterocycles. The zero-order chi connectivity index (χ0) is 19.3. The first-order valence-corrected chi connectivity index (χ1v) is 10.4. The van der Waals surface area contributed by atoms with Gasteiger partial charge in [-0.05, 0) is 49.6 Å². The number of nitrogens with one attached hydrogen (secondary N) is 1. The van der Waals surface area contributed by atoms with Gasteiger partial charge >= 0.3 is 6.03 Å². The maximum absolute atomic E-state index is 12.5. The van der Waals surface area contributed by atoms with Crippen molar-refractivity contribution in [3.8, 4) is 0 Å². The van der Waals surface area contributed by atoms with Crippen LogP contribution >= 0.6 is 0 Å².